The van der Waals surface area contributed by atoms with Crippen molar-refractivity contribution < 1.29 is 18.0 Å². The second-order valence-electron chi connectivity index (χ2n) is 13.2. The molecule has 1 aromatic heterocycles. The fourth-order valence-electron chi connectivity index (χ4n) is 6.85. The molecule has 0 radical (unpaired) electrons. The number of halogens is 3. The number of amides is 1. The van der Waals surface area contributed by atoms with Crippen LogP contribution in [0.5, 0.6) is 0 Å². The van der Waals surface area contributed by atoms with E-state index in [0.29, 0.717) is 23.8 Å². The Bertz CT molecular complexity index is 1490. The minimum atomic E-state index is -4.55. The predicted octanol–water partition coefficient (Wildman–Crippen LogP) is 6.80. The van der Waals surface area contributed by atoms with Crippen LogP contribution in [0.25, 0.3) is 0 Å². The molecule has 0 unspecified atom stereocenters. The van der Waals surface area contributed by atoms with E-state index in [1.165, 1.54) is 23.8 Å². The second-order valence-corrected chi connectivity index (χ2v) is 13.2. The molecule has 2 aromatic carbocycles. The molecule has 10 heteroatoms. The number of fused-ring (bicyclic) bond motifs is 1. The molecule has 7 nitrogen and oxygen atoms in total. The molecule has 6 rings (SSSR count). The van der Waals surface area contributed by atoms with Gasteiger partial charge in [-0.15, -0.1) is 10.2 Å². The Morgan fingerprint density at radius 1 is 1.05 bits per heavy atom. The fourth-order valence-corrected chi connectivity index (χ4v) is 6.85. The van der Waals surface area contributed by atoms with Crippen LogP contribution in [0.2, 0.25) is 0 Å². The zero-order chi connectivity index (χ0) is 30.4. The fraction of sp³-hybridized carbons (Fsp3) is 0.545. The van der Waals surface area contributed by atoms with Gasteiger partial charge in [0.2, 0.25) is 0 Å². The van der Waals surface area contributed by atoms with Crippen molar-refractivity contribution in [1.82, 2.24) is 20.1 Å². The van der Waals surface area contributed by atoms with Gasteiger partial charge in [0.05, 0.1) is 12.1 Å². The molecule has 230 valence electrons. The van der Waals surface area contributed by atoms with Crippen molar-refractivity contribution >= 4 is 17.3 Å². The van der Waals surface area contributed by atoms with Gasteiger partial charge in [-0.05, 0) is 98.4 Å². The first kappa shape index (κ1) is 29.7. The SMILES string of the molecule is C[C@H](Cc1cc(NC2CCCC2)cc(N2Cc3c(cc(CNC4(C)CCC4)cc3C(F)(F)F)C2=O)c1)Cc1nncn1C. The van der Waals surface area contributed by atoms with Crippen molar-refractivity contribution in [1.29, 1.82) is 0 Å². The van der Waals surface area contributed by atoms with Gasteiger partial charge in [0, 0.05) is 48.5 Å². The van der Waals surface area contributed by atoms with Crippen LogP contribution in [0.3, 0.4) is 0 Å². The Morgan fingerprint density at radius 2 is 1.81 bits per heavy atom. The summed E-state index contributed by atoms with van der Waals surface area (Å²) in [7, 11) is 1.92. The van der Waals surface area contributed by atoms with Gasteiger partial charge in [0.15, 0.2) is 0 Å². The number of alkyl halides is 3. The summed E-state index contributed by atoms with van der Waals surface area (Å²) in [6.45, 7) is 4.45. The first-order valence-corrected chi connectivity index (χ1v) is 15.5. The monoisotopic (exact) mass is 594 g/mol. The van der Waals surface area contributed by atoms with Gasteiger partial charge in [0.1, 0.15) is 12.2 Å². The number of carbonyl (C=O) groups is 1. The molecule has 1 atom stereocenters. The van der Waals surface area contributed by atoms with Gasteiger partial charge in [0.25, 0.3) is 5.91 Å². The summed E-state index contributed by atoms with van der Waals surface area (Å²) in [5.41, 5.74) is 2.49. The molecule has 0 bridgehead atoms. The van der Waals surface area contributed by atoms with Crippen LogP contribution in [0, 0.1) is 5.92 Å². The molecule has 2 aliphatic carbocycles. The maximum absolute atomic E-state index is 14.3. The molecule has 3 aliphatic rings. The van der Waals surface area contributed by atoms with Crippen LogP contribution in [0.1, 0.15) is 97.2 Å². The number of nitrogens with one attached hydrogen (secondary N) is 2. The zero-order valence-corrected chi connectivity index (χ0v) is 25.2. The number of hydrogen-bond donors (Lipinski definition) is 2. The molecule has 0 spiro atoms. The Hall–Kier alpha value is -3.40. The molecule has 1 amide bonds. The van der Waals surface area contributed by atoms with Crippen LogP contribution < -0.4 is 15.5 Å². The topological polar surface area (TPSA) is 75.1 Å². The van der Waals surface area contributed by atoms with Gasteiger partial charge in [-0.1, -0.05) is 19.8 Å². The molecular formula is C33H41F3N6O. The molecule has 1 aliphatic heterocycles. The van der Waals surface area contributed by atoms with Crippen molar-refractivity contribution in [2.75, 3.05) is 10.2 Å². The summed E-state index contributed by atoms with van der Waals surface area (Å²) in [6, 6.07) is 9.24. The molecule has 2 fully saturated rings. The Morgan fingerprint density at radius 3 is 2.47 bits per heavy atom. The number of carbonyl (C=O) groups excluding carboxylic acids is 1. The standard InChI is InChI=1S/C33H41F3N6O/c1-21(12-30-40-38-20-41(30)3)11-22-13-25(39-24-7-4-5-8-24)17-26(14-22)42-19-28-27(31(42)43)15-23(16-29(28)33(34,35)36)18-37-32(2)9-6-10-32/h13-17,20-21,24,37,39H,4-12,18-19H2,1-3H3/t21-/m1/s1. The Kier molecular flexibility index (Phi) is 8.00. The molecule has 3 aromatic rings. The maximum Gasteiger partial charge on any atom is 0.416 e. The maximum atomic E-state index is 14.3. The third kappa shape index (κ3) is 6.44. The zero-order valence-electron chi connectivity index (χ0n) is 25.2. The van der Waals surface area contributed by atoms with E-state index in [2.05, 4.69) is 40.7 Å². The van der Waals surface area contributed by atoms with Gasteiger partial charge in [-0.2, -0.15) is 13.2 Å². The van der Waals surface area contributed by atoms with E-state index in [0.717, 1.165) is 62.0 Å². The Balaban J connectivity index is 1.30. The van der Waals surface area contributed by atoms with Crippen molar-refractivity contribution in [2.24, 2.45) is 13.0 Å². The van der Waals surface area contributed by atoms with Crippen LogP contribution in [-0.4, -0.2) is 32.3 Å². The van der Waals surface area contributed by atoms with Gasteiger partial charge in [-0.25, -0.2) is 0 Å². The summed E-state index contributed by atoms with van der Waals surface area (Å²) in [4.78, 5) is 15.4. The highest BCUT2D eigenvalue weighted by Crippen LogP contribution is 2.41. The lowest BCUT2D eigenvalue weighted by Gasteiger charge is -2.39. The van der Waals surface area contributed by atoms with Crippen LogP contribution in [0.4, 0.5) is 24.5 Å². The second kappa shape index (κ2) is 11.6. The molecule has 2 saturated carbocycles. The lowest BCUT2D eigenvalue weighted by Crippen LogP contribution is -2.47. The highest BCUT2D eigenvalue weighted by atomic mass is 19.4. The lowest BCUT2D eigenvalue weighted by atomic mass is 9.78. The lowest BCUT2D eigenvalue weighted by molar-refractivity contribution is -0.138. The van der Waals surface area contributed by atoms with Gasteiger partial charge < -0.3 is 20.1 Å². The van der Waals surface area contributed by atoms with Crippen molar-refractivity contribution in [2.45, 2.75) is 102 Å². The quantitative estimate of drug-likeness (QED) is 0.270. The molecule has 43 heavy (non-hydrogen) atoms. The first-order chi connectivity index (χ1) is 20.5. The number of aromatic nitrogens is 3. The van der Waals surface area contributed by atoms with E-state index in [-0.39, 0.29) is 35.0 Å². The number of anilines is 2. The van der Waals surface area contributed by atoms with E-state index >= 15 is 0 Å². The first-order valence-electron chi connectivity index (χ1n) is 15.5. The van der Waals surface area contributed by atoms with E-state index in [9.17, 15) is 18.0 Å². The largest absolute Gasteiger partial charge is 0.416 e. The Labute approximate surface area is 251 Å². The third-order valence-corrected chi connectivity index (χ3v) is 9.52. The highest BCUT2D eigenvalue weighted by Gasteiger charge is 2.41. The van der Waals surface area contributed by atoms with E-state index < -0.39 is 11.7 Å². The molecule has 2 heterocycles. The minimum absolute atomic E-state index is 0.0550. The molecule has 2 N–H and O–H groups in total. The van der Waals surface area contributed by atoms with E-state index in [1.807, 2.05) is 23.7 Å². The van der Waals surface area contributed by atoms with Gasteiger partial charge >= 0.3 is 6.18 Å². The summed E-state index contributed by atoms with van der Waals surface area (Å²) in [5.74, 6) is 0.760. The van der Waals surface area contributed by atoms with Crippen molar-refractivity contribution in [3.05, 3.63) is 70.3 Å². The number of benzene rings is 2. The van der Waals surface area contributed by atoms with Gasteiger partial charge in [-0.3, -0.25) is 4.79 Å². The average molecular weight is 595 g/mol. The predicted molar refractivity (Wildman–Crippen MR) is 161 cm³/mol. The minimum Gasteiger partial charge on any atom is -0.382 e. The smallest absolute Gasteiger partial charge is 0.382 e. The summed E-state index contributed by atoms with van der Waals surface area (Å²) >= 11 is 0. The third-order valence-electron chi connectivity index (χ3n) is 9.52. The average Bonchev–Trinajstić information content (AvgIpc) is 3.67. The summed E-state index contributed by atoms with van der Waals surface area (Å²) < 4.78 is 44.9. The van der Waals surface area contributed by atoms with E-state index in [4.69, 9.17) is 0 Å². The van der Waals surface area contributed by atoms with Crippen molar-refractivity contribution in [3.8, 4) is 0 Å². The van der Waals surface area contributed by atoms with Crippen molar-refractivity contribution in [3.63, 3.8) is 0 Å². The van der Waals surface area contributed by atoms with Crippen LogP contribution >= 0.6 is 0 Å². The number of aryl methyl sites for hydroxylation is 1. The molecule has 0 saturated heterocycles. The summed E-state index contributed by atoms with van der Waals surface area (Å²) in [6.07, 6.45) is 6.25. The normalized spacial score (nSPS) is 19.0. The highest BCUT2D eigenvalue weighted by molar-refractivity contribution is 6.10. The summed E-state index contributed by atoms with van der Waals surface area (Å²) in [5, 5.41) is 15.3. The number of rotatable bonds is 10. The van der Waals surface area contributed by atoms with Crippen LogP contribution in [-0.2, 0) is 39.2 Å². The number of hydrogen-bond acceptors (Lipinski definition) is 5. The van der Waals surface area contributed by atoms with Crippen LogP contribution in [0.15, 0.2) is 36.7 Å². The molecular weight excluding hydrogens is 553 g/mol. The van der Waals surface area contributed by atoms with E-state index in [1.54, 1.807) is 12.4 Å². The number of nitrogens with zero attached hydrogens (tertiary/aromatic N) is 4.